The van der Waals surface area contributed by atoms with Gasteiger partial charge in [-0.05, 0) is 12.5 Å². The van der Waals surface area contributed by atoms with Crippen LogP contribution in [-0.2, 0) is 9.09 Å². The number of nitrogens with zero attached hydrogens (tertiary/aromatic N) is 5. The monoisotopic (exact) mass is 390 g/mol. The van der Waals surface area contributed by atoms with Gasteiger partial charge in [0.05, 0.1) is 30.4 Å². The maximum atomic E-state index is 11.3. The van der Waals surface area contributed by atoms with Gasteiger partial charge in [0.2, 0.25) is 0 Å². The van der Waals surface area contributed by atoms with Crippen LogP contribution in [0.4, 0.5) is 0 Å². The molecule has 0 bridgehead atoms. The SMILES string of the molecule is CCCC(C(CC#N)OP(=O)(O)O)n1cc(-c2ncnc3[nH]ccc23)cn1. The summed E-state index contributed by atoms with van der Waals surface area (Å²) in [5, 5.41) is 14.2. The Morgan fingerprint density at radius 1 is 1.44 bits per heavy atom. The number of nitrogens with one attached hydrogen (secondary N) is 1. The summed E-state index contributed by atoms with van der Waals surface area (Å²) in [4.78, 5) is 29.9. The maximum absolute atomic E-state index is 11.3. The van der Waals surface area contributed by atoms with Crippen LogP contribution in [0.3, 0.4) is 0 Å². The molecule has 0 saturated carbocycles. The summed E-state index contributed by atoms with van der Waals surface area (Å²) in [6.07, 6.45) is 6.69. The standard InChI is InChI=1S/C16H19N6O4P/c1-2-3-13(14(4-6-17)26-27(23,24)25)22-9-11(8-21-22)15-12-5-7-18-16(12)20-10-19-15/h5,7-10,13-14H,2-4H2,1H3,(H,18,19,20)(H2,23,24,25). The Morgan fingerprint density at radius 3 is 2.96 bits per heavy atom. The molecule has 0 aromatic carbocycles. The van der Waals surface area contributed by atoms with E-state index in [9.17, 15) is 14.4 Å². The van der Waals surface area contributed by atoms with Crippen molar-refractivity contribution < 1.29 is 18.9 Å². The lowest BCUT2D eigenvalue weighted by molar-refractivity contribution is 0.0857. The first-order valence-electron chi connectivity index (χ1n) is 8.36. The summed E-state index contributed by atoms with van der Waals surface area (Å²) >= 11 is 0. The highest BCUT2D eigenvalue weighted by atomic mass is 31.2. The van der Waals surface area contributed by atoms with Gasteiger partial charge in [-0.3, -0.25) is 9.21 Å². The zero-order chi connectivity index (χ0) is 19.4. The number of H-pyrrole nitrogens is 1. The number of hydrogen-bond acceptors (Lipinski definition) is 6. The van der Waals surface area contributed by atoms with E-state index in [1.165, 1.54) is 6.33 Å². The third kappa shape index (κ3) is 4.40. The van der Waals surface area contributed by atoms with Gasteiger partial charge >= 0.3 is 7.82 Å². The lowest BCUT2D eigenvalue weighted by atomic mass is 10.0. The molecule has 0 saturated heterocycles. The van der Waals surface area contributed by atoms with E-state index in [2.05, 4.69) is 20.1 Å². The van der Waals surface area contributed by atoms with E-state index in [1.54, 1.807) is 23.3 Å². The van der Waals surface area contributed by atoms with E-state index in [0.717, 1.165) is 17.4 Å². The van der Waals surface area contributed by atoms with E-state index in [1.807, 2.05) is 19.1 Å². The van der Waals surface area contributed by atoms with Crippen LogP contribution in [0.25, 0.3) is 22.3 Å². The molecule has 0 amide bonds. The van der Waals surface area contributed by atoms with E-state index in [4.69, 9.17) is 9.79 Å². The van der Waals surface area contributed by atoms with E-state index >= 15 is 0 Å². The Labute approximate surface area is 155 Å². The summed E-state index contributed by atoms with van der Waals surface area (Å²) < 4.78 is 17.8. The molecule has 0 aliphatic carbocycles. The van der Waals surface area contributed by atoms with Crippen LogP contribution in [-0.4, -0.2) is 40.6 Å². The number of aromatic nitrogens is 5. The molecule has 0 aliphatic heterocycles. The molecule has 11 heteroatoms. The number of aromatic amines is 1. The molecular weight excluding hydrogens is 371 g/mol. The second kappa shape index (κ2) is 7.98. The van der Waals surface area contributed by atoms with Crippen molar-refractivity contribution in [3.05, 3.63) is 31.0 Å². The minimum atomic E-state index is -4.74. The zero-order valence-electron chi connectivity index (χ0n) is 14.6. The molecular formula is C16H19N6O4P. The van der Waals surface area contributed by atoms with Gasteiger partial charge < -0.3 is 14.8 Å². The molecule has 2 unspecified atom stereocenters. The third-order valence-electron chi connectivity index (χ3n) is 4.15. The first-order chi connectivity index (χ1) is 12.9. The molecule has 10 nitrogen and oxygen atoms in total. The van der Waals surface area contributed by atoms with Crippen molar-refractivity contribution in [1.82, 2.24) is 24.7 Å². The molecule has 142 valence electrons. The van der Waals surface area contributed by atoms with Gasteiger partial charge in [0.25, 0.3) is 0 Å². The molecule has 0 radical (unpaired) electrons. The fourth-order valence-corrected chi connectivity index (χ4v) is 3.61. The minimum absolute atomic E-state index is 0.166. The van der Waals surface area contributed by atoms with Crippen molar-refractivity contribution in [3.8, 4) is 17.3 Å². The highest BCUT2D eigenvalue weighted by Gasteiger charge is 2.31. The second-order valence-corrected chi connectivity index (χ2v) is 7.22. The Hall–Kier alpha value is -2.57. The molecule has 3 rings (SSSR count). The molecule has 3 N–H and O–H groups in total. The molecule has 2 atom stereocenters. The van der Waals surface area contributed by atoms with Gasteiger partial charge in [0.15, 0.2) is 0 Å². The highest BCUT2D eigenvalue weighted by molar-refractivity contribution is 7.46. The van der Waals surface area contributed by atoms with Gasteiger partial charge in [0, 0.05) is 23.3 Å². The largest absolute Gasteiger partial charge is 0.469 e. The third-order valence-corrected chi connectivity index (χ3v) is 4.69. The highest BCUT2D eigenvalue weighted by Crippen LogP contribution is 2.41. The van der Waals surface area contributed by atoms with Crippen LogP contribution >= 0.6 is 7.82 Å². The van der Waals surface area contributed by atoms with E-state index in [0.29, 0.717) is 17.8 Å². The normalized spacial score (nSPS) is 14.1. The van der Waals surface area contributed by atoms with Gasteiger partial charge in [0.1, 0.15) is 18.1 Å². The van der Waals surface area contributed by atoms with E-state index < -0.39 is 20.0 Å². The number of fused-ring (bicyclic) bond motifs is 1. The summed E-state index contributed by atoms with van der Waals surface area (Å²) in [5.74, 6) is 0. The summed E-state index contributed by atoms with van der Waals surface area (Å²) in [7, 11) is -4.74. The summed E-state index contributed by atoms with van der Waals surface area (Å²) in [6.45, 7) is 1.94. The molecule has 0 aliphatic rings. The van der Waals surface area contributed by atoms with E-state index in [-0.39, 0.29) is 6.42 Å². The Morgan fingerprint density at radius 2 is 2.26 bits per heavy atom. The molecule has 0 spiro atoms. The molecule has 27 heavy (non-hydrogen) atoms. The number of hydrogen-bond donors (Lipinski definition) is 3. The van der Waals surface area contributed by atoms with Gasteiger partial charge in [-0.1, -0.05) is 13.3 Å². The Kier molecular flexibility index (Phi) is 5.68. The maximum Gasteiger partial charge on any atom is 0.469 e. The quantitative estimate of drug-likeness (QED) is 0.497. The van der Waals surface area contributed by atoms with Crippen LogP contribution in [0.2, 0.25) is 0 Å². The molecule has 3 aromatic heterocycles. The van der Waals surface area contributed by atoms with Crippen molar-refractivity contribution in [1.29, 1.82) is 5.26 Å². The Balaban J connectivity index is 1.96. The van der Waals surface area contributed by atoms with Crippen molar-refractivity contribution in [2.45, 2.75) is 38.3 Å². The summed E-state index contributed by atoms with van der Waals surface area (Å²) in [5.41, 5.74) is 2.12. The fraction of sp³-hybridized carbons (Fsp3) is 0.375. The lowest BCUT2D eigenvalue weighted by Crippen LogP contribution is -2.26. The first-order valence-corrected chi connectivity index (χ1v) is 9.89. The predicted octanol–water partition coefficient (Wildman–Crippen LogP) is 2.55. The van der Waals surface area contributed by atoms with Crippen LogP contribution in [0.1, 0.15) is 32.2 Å². The number of phosphoric ester groups is 1. The average molecular weight is 390 g/mol. The Bertz CT molecular complexity index is 1000. The van der Waals surface area contributed by atoms with Crippen LogP contribution < -0.4 is 0 Å². The second-order valence-electron chi connectivity index (χ2n) is 6.02. The summed E-state index contributed by atoms with van der Waals surface area (Å²) in [6, 6.07) is 3.29. The number of rotatable bonds is 8. The van der Waals surface area contributed by atoms with Crippen molar-refractivity contribution in [2.24, 2.45) is 0 Å². The predicted molar refractivity (Wildman–Crippen MR) is 96.2 cm³/mol. The van der Waals surface area contributed by atoms with Gasteiger partial charge in [-0.2, -0.15) is 10.4 Å². The average Bonchev–Trinajstić information content (AvgIpc) is 3.27. The fourth-order valence-electron chi connectivity index (χ4n) is 3.04. The first kappa shape index (κ1) is 19.2. The van der Waals surface area contributed by atoms with Crippen LogP contribution in [0, 0.1) is 11.3 Å². The smallest absolute Gasteiger partial charge is 0.346 e. The van der Waals surface area contributed by atoms with Crippen LogP contribution in [0.15, 0.2) is 31.0 Å². The number of nitriles is 1. The zero-order valence-corrected chi connectivity index (χ0v) is 15.5. The number of phosphoric acid groups is 1. The minimum Gasteiger partial charge on any atom is -0.346 e. The lowest BCUT2D eigenvalue weighted by Gasteiger charge is -2.25. The van der Waals surface area contributed by atoms with Crippen molar-refractivity contribution >= 4 is 18.9 Å². The van der Waals surface area contributed by atoms with Crippen molar-refractivity contribution in [2.75, 3.05) is 0 Å². The van der Waals surface area contributed by atoms with Crippen molar-refractivity contribution in [3.63, 3.8) is 0 Å². The van der Waals surface area contributed by atoms with Gasteiger partial charge in [-0.15, -0.1) is 0 Å². The molecule has 0 fully saturated rings. The molecule has 3 aromatic rings. The molecule has 3 heterocycles. The van der Waals surface area contributed by atoms with Gasteiger partial charge in [-0.25, -0.2) is 14.5 Å². The van der Waals surface area contributed by atoms with Crippen LogP contribution in [0.5, 0.6) is 0 Å². The topological polar surface area (TPSA) is 150 Å².